The highest BCUT2D eigenvalue weighted by molar-refractivity contribution is 7.47. The van der Waals surface area contributed by atoms with Crippen LogP contribution < -0.4 is 0 Å². The molecule has 0 amide bonds. The lowest BCUT2D eigenvalue weighted by atomic mass is 10.0. The second-order valence-corrected chi connectivity index (χ2v) is 31.8. The van der Waals surface area contributed by atoms with Crippen LogP contribution in [0.3, 0.4) is 0 Å². The molecule has 582 valence electrons. The van der Waals surface area contributed by atoms with Crippen molar-refractivity contribution >= 4 is 39.5 Å². The Labute approximate surface area is 600 Å². The van der Waals surface area contributed by atoms with Crippen LogP contribution in [0.2, 0.25) is 0 Å². The predicted molar refractivity (Wildman–Crippen MR) is 400 cm³/mol. The maximum absolute atomic E-state index is 13.1. The fraction of sp³-hybridized carbons (Fsp3) is 0.949. The summed E-state index contributed by atoms with van der Waals surface area (Å²) >= 11 is 0. The Morgan fingerprint density at radius 3 is 0.694 bits per heavy atom. The van der Waals surface area contributed by atoms with Gasteiger partial charge in [-0.25, -0.2) is 9.13 Å². The summed E-state index contributed by atoms with van der Waals surface area (Å²) in [6, 6.07) is 0. The molecular formula is C79H154O17P2. The van der Waals surface area contributed by atoms with E-state index in [-0.39, 0.29) is 25.7 Å². The molecule has 17 nitrogen and oxygen atoms in total. The van der Waals surface area contributed by atoms with Crippen LogP contribution in [0.1, 0.15) is 420 Å². The molecule has 0 aliphatic rings. The van der Waals surface area contributed by atoms with E-state index in [2.05, 4.69) is 34.6 Å². The van der Waals surface area contributed by atoms with Gasteiger partial charge in [0.2, 0.25) is 0 Å². The summed E-state index contributed by atoms with van der Waals surface area (Å²) in [6.07, 6.45) is 62.5. The van der Waals surface area contributed by atoms with E-state index < -0.39 is 97.5 Å². The SMILES string of the molecule is CCCCCCCCCCCCCCCCCCCC(=O)OC[C@H](COP(=O)(O)OC[C@@H](O)COP(=O)(O)OC[C@@H](COC(=O)CCCCCCCCCCCC)OC(=O)CCCCCCCCCCCC)OC(=O)CCCCCCCCCCCCCCCCCCCCC(C)C. The fourth-order valence-electron chi connectivity index (χ4n) is 12.2. The van der Waals surface area contributed by atoms with Crippen molar-refractivity contribution in [1.29, 1.82) is 0 Å². The van der Waals surface area contributed by atoms with E-state index in [1.165, 1.54) is 244 Å². The van der Waals surface area contributed by atoms with Crippen LogP contribution in [0.15, 0.2) is 0 Å². The maximum Gasteiger partial charge on any atom is 0.472 e. The molecule has 0 radical (unpaired) electrons. The Bertz CT molecular complexity index is 1870. The molecule has 0 aromatic rings. The summed E-state index contributed by atoms with van der Waals surface area (Å²) in [5, 5.41) is 10.6. The van der Waals surface area contributed by atoms with Crippen LogP contribution in [-0.4, -0.2) is 96.7 Å². The normalized spacial score (nSPS) is 13.9. The van der Waals surface area contributed by atoms with Gasteiger partial charge in [0.05, 0.1) is 26.4 Å². The van der Waals surface area contributed by atoms with Crippen molar-refractivity contribution in [2.24, 2.45) is 5.92 Å². The van der Waals surface area contributed by atoms with Gasteiger partial charge in [-0.15, -0.1) is 0 Å². The van der Waals surface area contributed by atoms with Gasteiger partial charge >= 0.3 is 39.5 Å². The van der Waals surface area contributed by atoms with Crippen LogP contribution in [0, 0.1) is 5.92 Å². The highest BCUT2D eigenvalue weighted by Gasteiger charge is 2.30. The van der Waals surface area contributed by atoms with Crippen molar-refractivity contribution in [2.75, 3.05) is 39.6 Å². The van der Waals surface area contributed by atoms with Gasteiger partial charge in [0.25, 0.3) is 0 Å². The predicted octanol–water partition coefficient (Wildman–Crippen LogP) is 23.6. The van der Waals surface area contributed by atoms with Gasteiger partial charge in [-0.1, -0.05) is 369 Å². The zero-order chi connectivity index (χ0) is 71.9. The lowest BCUT2D eigenvalue weighted by Crippen LogP contribution is -2.30. The van der Waals surface area contributed by atoms with Crippen LogP contribution in [0.5, 0.6) is 0 Å². The van der Waals surface area contributed by atoms with E-state index >= 15 is 0 Å². The summed E-state index contributed by atoms with van der Waals surface area (Å²) < 4.78 is 68.6. The first-order valence-corrected chi connectivity index (χ1v) is 44.1. The first-order chi connectivity index (χ1) is 47.5. The average molecular weight is 1440 g/mol. The van der Waals surface area contributed by atoms with E-state index in [1.807, 2.05) is 0 Å². The molecule has 19 heteroatoms. The van der Waals surface area contributed by atoms with Crippen LogP contribution in [-0.2, 0) is 65.4 Å². The molecule has 0 saturated heterocycles. The highest BCUT2D eigenvalue weighted by Crippen LogP contribution is 2.45. The first-order valence-electron chi connectivity index (χ1n) is 41.1. The van der Waals surface area contributed by atoms with E-state index in [0.717, 1.165) is 95.8 Å². The van der Waals surface area contributed by atoms with E-state index in [9.17, 15) is 43.2 Å². The molecule has 0 bridgehead atoms. The molecule has 5 atom stereocenters. The smallest absolute Gasteiger partial charge is 0.462 e. The molecule has 0 heterocycles. The molecule has 0 rings (SSSR count). The number of hydrogen-bond acceptors (Lipinski definition) is 15. The molecule has 2 unspecified atom stereocenters. The Hall–Kier alpha value is -1.94. The molecule has 0 saturated carbocycles. The standard InChI is InChI=1S/C79H154O17P2/c1-6-9-12-15-18-21-24-25-26-29-33-36-39-44-48-53-58-63-77(82)90-69-75(96-79(84)65-60-55-50-45-40-37-34-31-28-27-30-32-35-38-41-46-51-56-61-72(4)5)71-94-98(87,88)92-67-73(80)66-91-97(85,86)93-70-74(95-78(83)64-59-54-49-43-23-20-17-14-11-8-3)68-89-76(81)62-57-52-47-42-22-19-16-13-10-7-2/h72-75,80H,6-71H2,1-5H3,(H,85,86)(H,87,88)/t73-,74+,75+/m0/s1. The number of phosphoric acid groups is 2. The number of esters is 4. The lowest BCUT2D eigenvalue weighted by molar-refractivity contribution is -0.161. The van der Waals surface area contributed by atoms with Crippen LogP contribution in [0.25, 0.3) is 0 Å². The number of phosphoric ester groups is 2. The van der Waals surface area contributed by atoms with Gasteiger partial charge in [0, 0.05) is 25.7 Å². The molecule has 3 N–H and O–H groups in total. The van der Waals surface area contributed by atoms with E-state index in [4.69, 9.17) is 37.0 Å². The van der Waals surface area contributed by atoms with Gasteiger partial charge in [0.1, 0.15) is 19.3 Å². The third kappa shape index (κ3) is 72.4. The largest absolute Gasteiger partial charge is 0.472 e. The number of unbranched alkanes of at least 4 members (excludes halogenated alkanes) is 51. The second-order valence-electron chi connectivity index (χ2n) is 28.9. The minimum Gasteiger partial charge on any atom is -0.462 e. The summed E-state index contributed by atoms with van der Waals surface area (Å²) in [7, 11) is -9.91. The summed E-state index contributed by atoms with van der Waals surface area (Å²) in [6.45, 7) is 7.33. The van der Waals surface area contributed by atoms with Gasteiger partial charge in [-0.3, -0.25) is 37.3 Å². The topological polar surface area (TPSA) is 237 Å². The molecule has 98 heavy (non-hydrogen) atoms. The summed E-state index contributed by atoms with van der Waals surface area (Å²) in [4.78, 5) is 72.8. The molecule has 0 aliphatic carbocycles. The zero-order valence-electron chi connectivity index (χ0n) is 63.9. The molecule has 0 aromatic heterocycles. The van der Waals surface area contributed by atoms with Gasteiger partial charge in [-0.05, 0) is 31.6 Å². The number of rotatable bonds is 79. The molecule has 0 spiro atoms. The number of ether oxygens (including phenoxy) is 4. The minimum absolute atomic E-state index is 0.107. The Kier molecular flexibility index (Phi) is 70.6. The third-order valence-electron chi connectivity index (χ3n) is 18.5. The van der Waals surface area contributed by atoms with Gasteiger partial charge < -0.3 is 33.8 Å². The van der Waals surface area contributed by atoms with Crippen LogP contribution >= 0.6 is 15.6 Å². The Morgan fingerprint density at radius 2 is 0.469 bits per heavy atom. The third-order valence-corrected chi connectivity index (χ3v) is 20.4. The van der Waals surface area contributed by atoms with Crippen molar-refractivity contribution in [3.05, 3.63) is 0 Å². The summed E-state index contributed by atoms with van der Waals surface area (Å²) in [5.74, 6) is -1.29. The van der Waals surface area contributed by atoms with Crippen LogP contribution in [0.4, 0.5) is 0 Å². The van der Waals surface area contributed by atoms with Crippen molar-refractivity contribution in [1.82, 2.24) is 0 Å². The van der Waals surface area contributed by atoms with Crippen molar-refractivity contribution in [3.63, 3.8) is 0 Å². The van der Waals surface area contributed by atoms with Crippen molar-refractivity contribution in [3.8, 4) is 0 Å². The van der Waals surface area contributed by atoms with Gasteiger partial charge in [-0.2, -0.15) is 0 Å². The van der Waals surface area contributed by atoms with Gasteiger partial charge in [0.15, 0.2) is 12.2 Å². The highest BCUT2D eigenvalue weighted by atomic mass is 31.2. The number of aliphatic hydroxyl groups excluding tert-OH is 1. The van der Waals surface area contributed by atoms with E-state index in [0.29, 0.717) is 25.7 Å². The molecule has 0 aromatic carbocycles. The summed E-state index contributed by atoms with van der Waals surface area (Å²) in [5.41, 5.74) is 0. The lowest BCUT2D eigenvalue weighted by Gasteiger charge is -2.21. The Morgan fingerprint density at radius 1 is 0.276 bits per heavy atom. The average Bonchev–Trinajstić information content (AvgIpc) is 1.22. The van der Waals surface area contributed by atoms with Crippen molar-refractivity contribution in [2.45, 2.75) is 438 Å². The minimum atomic E-state index is -4.96. The number of hydrogen-bond donors (Lipinski definition) is 3. The number of aliphatic hydroxyl groups is 1. The number of carbonyl (C=O) groups is 4. The molecule has 0 fully saturated rings. The molecule has 0 aliphatic heterocycles. The monoisotopic (exact) mass is 1440 g/mol. The quantitative estimate of drug-likeness (QED) is 0.0222. The van der Waals surface area contributed by atoms with E-state index in [1.54, 1.807) is 0 Å². The molecular weight excluding hydrogens is 1280 g/mol. The maximum atomic E-state index is 13.1. The zero-order valence-corrected chi connectivity index (χ0v) is 65.7. The Balaban J connectivity index is 5.19. The number of carbonyl (C=O) groups excluding carboxylic acids is 4. The van der Waals surface area contributed by atoms with Crippen molar-refractivity contribution < 1.29 is 80.2 Å². The fourth-order valence-corrected chi connectivity index (χ4v) is 13.8. The second kappa shape index (κ2) is 72.0. The first kappa shape index (κ1) is 96.1.